The van der Waals surface area contributed by atoms with Crippen LogP contribution in [0.2, 0.25) is 0 Å². The second-order valence-corrected chi connectivity index (χ2v) is 7.67. The number of amides is 2. The van der Waals surface area contributed by atoms with Gasteiger partial charge in [0, 0.05) is 37.8 Å². The Morgan fingerprint density at radius 2 is 2.00 bits per heavy atom. The average molecular weight is 380 g/mol. The molecule has 0 bridgehead atoms. The van der Waals surface area contributed by atoms with Crippen LogP contribution < -0.4 is 10.6 Å². The normalized spacial score (nSPS) is 24.4. The number of rotatable bonds is 3. The smallest absolute Gasteiger partial charge is 0.228 e. The van der Waals surface area contributed by atoms with Crippen molar-refractivity contribution in [3.8, 4) is 0 Å². The highest BCUT2D eigenvalue weighted by molar-refractivity contribution is 6.01. The summed E-state index contributed by atoms with van der Waals surface area (Å²) in [6, 6.07) is 6.09. The van der Waals surface area contributed by atoms with Crippen molar-refractivity contribution in [3.05, 3.63) is 29.3 Å². The van der Waals surface area contributed by atoms with Gasteiger partial charge in [-0.25, -0.2) is 0 Å². The van der Waals surface area contributed by atoms with Crippen molar-refractivity contribution in [2.75, 3.05) is 24.5 Å². The maximum absolute atomic E-state index is 12.9. The molecule has 2 aliphatic heterocycles. The number of carbonyl (C=O) groups excluding carboxylic acids is 2. The first kappa shape index (κ1) is 20.7. The largest absolute Gasteiger partial charge is 0.342 e. The third-order valence-electron chi connectivity index (χ3n) is 5.85. The summed E-state index contributed by atoms with van der Waals surface area (Å²) in [5.41, 5.74) is 9.24. The molecule has 0 aliphatic carbocycles. The number of anilines is 1. The van der Waals surface area contributed by atoms with Crippen LogP contribution in [0.15, 0.2) is 18.2 Å². The Morgan fingerprint density at radius 1 is 1.27 bits per heavy atom. The molecular weight excluding hydrogens is 350 g/mol. The molecule has 3 rings (SSSR count). The van der Waals surface area contributed by atoms with E-state index in [1.54, 1.807) is 4.90 Å². The van der Waals surface area contributed by atoms with Crippen LogP contribution in [0.4, 0.5) is 5.69 Å². The van der Waals surface area contributed by atoms with Crippen molar-refractivity contribution in [2.45, 2.75) is 46.1 Å². The van der Waals surface area contributed by atoms with Crippen LogP contribution in [-0.4, -0.2) is 42.4 Å². The van der Waals surface area contributed by atoms with E-state index >= 15 is 0 Å². The lowest BCUT2D eigenvalue weighted by Gasteiger charge is -2.36. The van der Waals surface area contributed by atoms with E-state index in [2.05, 4.69) is 0 Å². The van der Waals surface area contributed by atoms with Gasteiger partial charge in [0.1, 0.15) is 0 Å². The van der Waals surface area contributed by atoms with E-state index in [-0.39, 0.29) is 36.2 Å². The van der Waals surface area contributed by atoms with E-state index in [0.717, 1.165) is 42.7 Å². The topological polar surface area (TPSA) is 66.6 Å². The van der Waals surface area contributed by atoms with E-state index in [1.807, 2.05) is 43.9 Å². The molecule has 0 saturated carbocycles. The van der Waals surface area contributed by atoms with E-state index < -0.39 is 0 Å². The zero-order chi connectivity index (χ0) is 18.1. The molecule has 0 radical (unpaired) electrons. The number of hydrogen-bond donors (Lipinski definition) is 1. The first-order valence-corrected chi connectivity index (χ1v) is 9.29. The lowest BCUT2D eigenvalue weighted by molar-refractivity contribution is -0.137. The van der Waals surface area contributed by atoms with E-state index in [9.17, 15) is 9.59 Å². The van der Waals surface area contributed by atoms with Gasteiger partial charge >= 0.3 is 0 Å². The van der Waals surface area contributed by atoms with Crippen LogP contribution in [0.1, 0.15) is 37.3 Å². The first-order chi connectivity index (χ1) is 11.9. The van der Waals surface area contributed by atoms with Crippen molar-refractivity contribution in [1.29, 1.82) is 0 Å². The third kappa shape index (κ3) is 4.04. The minimum absolute atomic E-state index is 0. The number of nitrogens with two attached hydrogens (primary N) is 1. The number of halogens is 1. The number of carbonyl (C=O) groups is 2. The van der Waals surface area contributed by atoms with Crippen molar-refractivity contribution in [1.82, 2.24) is 4.90 Å². The monoisotopic (exact) mass is 379 g/mol. The highest BCUT2D eigenvalue weighted by Gasteiger charge is 2.39. The van der Waals surface area contributed by atoms with Crippen molar-refractivity contribution >= 4 is 29.9 Å². The quantitative estimate of drug-likeness (QED) is 0.877. The molecule has 26 heavy (non-hydrogen) atoms. The Hall–Kier alpha value is -1.59. The molecule has 5 nitrogen and oxygen atoms in total. The Balaban J connectivity index is 0.00000243. The van der Waals surface area contributed by atoms with E-state index in [0.29, 0.717) is 18.9 Å². The molecule has 2 heterocycles. The zero-order valence-corrected chi connectivity index (χ0v) is 16.7. The fourth-order valence-electron chi connectivity index (χ4n) is 4.03. The molecule has 1 aromatic rings. The van der Waals surface area contributed by atoms with E-state index in [4.69, 9.17) is 5.73 Å². The summed E-state index contributed by atoms with van der Waals surface area (Å²) in [6.45, 7) is 8.09. The van der Waals surface area contributed by atoms with Crippen LogP contribution in [0.3, 0.4) is 0 Å². The average Bonchev–Trinajstić information content (AvgIpc) is 2.98. The molecule has 144 valence electrons. The fourth-order valence-corrected chi connectivity index (χ4v) is 4.03. The molecule has 0 aromatic heterocycles. The summed E-state index contributed by atoms with van der Waals surface area (Å²) < 4.78 is 0. The lowest BCUT2D eigenvalue weighted by Crippen LogP contribution is -2.47. The Morgan fingerprint density at radius 3 is 2.69 bits per heavy atom. The summed E-state index contributed by atoms with van der Waals surface area (Å²) >= 11 is 0. The number of piperidine rings is 1. The summed E-state index contributed by atoms with van der Waals surface area (Å²) in [4.78, 5) is 29.2. The minimum Gasteiger partial charge on any atom is -0.342 e. The Labute approximate surface area is 162 Å². The zero-order valence-electron chi connectivity index (χ0n) is 15.9. The standard InChI is InChI=1S/C20H29N3O2.ClH/c1-13-6-4-8-18(14(13)2)23-12-17(10-19(23)24)20(25)22-9-5-7-16(11-22)15(3)21;/h4,6,8,15-17H,5,7,9-12,21H2,1-3H3;1H. The molecule has 3 unspecified atom stereocenters. The van der Waals surface area contributed by atoms with Crippen LogP contribution in [-0.2, 0) is 9.59 Å². The SMILES string of the molecule is Cc1cccc(N2CC(C(=O)N3CCCC(C(C)N)C3)CC2=O)c1C.Cl. The second-order valence-electron chi connectivity index (χ2n) is 7.67. The third-order valence-corrected chi connectivity index (χ3v) is 5.85. The van der Waals surface area contributed by atoms with Gasteiger partial charge in [-0.3, -0.25) is 9.59 Å². The Kier molecular flexibility index (Phi) is 6.69. The van der Waals surface area contributed by atoms with Gasteiger partial charge < -0.3 is 15.5 Å². The maximum atomic E-state index is 12.9. The van der Waals surface area contributed by atoms with Gasteiger partial charge in [-0.15, -0.1) is 12.4 Å². The van der Waals surface area contributed by atoms with Crippen LogP contribution >= 0.6 is 12.4 Å². The van der Waals surface area contributed by atoms with Crippen molar-refractivity contribution < 1.29 is 9.59 Å². The van der Waals surface area contributed by atoms with Gasteiger partial charge in [0.15, 0.2) is 0 Å². The van der Waals surface area contributed by atoms with Crippen LogP contribution in [0.25, 0.3) is 0 Å². The molecule has 2 N–H and O–H groups in total. The summed E-state index contributed by atoms with van der Waals surface area (Å²) in [7, 11) is 0. The summed E-state index contributed by atoms with van der Waals surface area (Å²) in [5, 5.41) is 0. The predicted molar refractivity (Wildman–Crippen MR) is 107 cm³/mol. The number of benzene rings is 1. The van der Waals surface area contributed by atoms with Gasteiger partial charge in [0.05, 0.1) is 5.92 Å². The fraction of sp³-hybridized carbons (Fsp3) is 0.600. The summed E-state index contributed by atoms with van der Waals surface area (Å²) in [5.74, 6) is 0.295. The van der Waals surface area contributed by atoms with Crippen LogP contribution in [0.5, 0.6) is 0 Å². The van der Waals surface area contributed by atoms with Gasteiger partial charge in [-0.1, -0.05) is 12.1 Å². The van der Waals surface area contributed by atoms with Crippen molar-refractivity contribution in [2.24, 2.45) is 17.6 Å². The Bertz CT molecular complexity index is 677. The first-order valence-electron chi connectivity index (χ1n) is 9.29. The molecule has 0 spiro atoms. The number of aryl methyl sites for hydroxylation is 1. The number of nitrogens with zero attached hydrogens (tertiary/aromatic N) is 2. The van der Waals surface area contributed by atoms with Gasteiger partial charge in [-0.05, 0) is 56.7 Å². The van der Waals surface area contributed by atoms with Gasteiger partial charge in [0.2, 0.25) is 11.8 Å². The molecule has 1 aromatic carbocycles. The maximum Gasteiger partial charge on any atom is 0.228 e. The van der Waals surface area contributed by atoms with Gasteiger partial charge in [0.25, 0.3) is 0 Å². The minimum atomic E-state index is -0.237. The molecule has 2 saturated heterocycles. The molecule has 2 amide bonds. The van der Waals surface area contributed by atoms with E-state index in [1.165, 1.54) is 0 Å². The highest BCUT2D eigenvalue weighted by Crippen LogP contribution is 2.31. The van der Waals surface area contributed by atoms with Crippen molar-refractivity contribution in [3.63, 3.8) is 0 Å². The van der Waals surface area contributed by atoms with Gasteiger partial charge in [-0.2, -0.15) is 0 Å². The number of hydrogen-bond acceptors (Lipinski definition) is 3. The van der Waals surface area contributed by atoms with Crippen LogP contribution in [0, 0.1) is 25.7 Å². The number of likely N-dealkylation sites (tertiary alicyclic amines) is 1. The molecule has 6 heteroatoms. The predicted octanol–water partition coefficient (Wildman–Crippen LogP) is 2.66. The molecular formula is C20H30ClN3O2. The molecule has 2 aliphatic rings. The molecule has 3 atom stereocenters. The second kappa shape index (κ2) is 8.40. The molecule has 2 fully saturated rings. The highest BCUT2D eigenvalue weighted by atomic mass is 35.5. The lowest BCUT2D eigenvalue weighted by atomic mass is 9.91. The summed E-state index contributed by atoms with van der Waals surface area (Å²) in [6.07, 6.45) is 2.39.